The SMILES string of the molecule is O=C(NCCO)C1=C[C@H](Oc2ccccc2I)[C@@H](O)[C@H](NCC2=CCC(F)C=C2)C1. The number of para-hydroxylation sites is 1. The highest BCUT2D eigenvalue weighted by molar-refractivity contribution is 14.1. The summed E-state index contributed by atoms with van der Waals surface area (Å²) in [7, 11) is 0. The Bertz CT molecular complexity index is 842. The van der Waals surface area contributed by atoms with Gasteiger partial charge < -0.3 is 25.6 Å². The number of carbonyl (C=O) groups excluding carboxylic acids is 1. The Morgan fingerprint density at radius 3 is 2.83 bits per heavy atom. The van der Waals surface area contributed by atoms with E-state index in [9.17, 15) is 14.3 Å². The van der Waals surface area contributed by atoms with Gasteiger partial charge in [0.1, 0.15) is 24.1 Å². The molecule has 1 aromatic carbocycles. The Hall–Kier alpha value is -1.75. The van der Waals surface area contributed by atoms with Crippen LogP contribution in [0.3, 0.4) is 0 Å². The van der Waals surface area contributed by atoms with Gasteiger partial charge in [-0.2, -0.15) is 0 Å². The molecule has 4 atom stereocenters. The van der Waals surface area contributed by atoms with Crippen molar-refractivity contribution in [2.24, 2.45) is 0 Å². The maximum Gasteiger partial charge on any atom is 0.247 e. The predicted octanol–water partition coefficient (Wildman–Crippen LogP) is 2.02. The van der Waals surface area contributed by atoms with Crippen molar-refractivity contribution in [3.05, 3.63) is 63.3 Å². The number of halogens is 2. The van der Waals surface area contributed by atoms with Gasteiger partial charge in [-0.1, -0.05) is 30.4 Å². The zero-order valence-corrected chi connectivity index (χ0v) is 18.6. The van der Waals surface area contributed by atoms with E-state index in [1.807, 2.05) is 30.3 Å². The first-order valence-electron chi connectivity index (χ1n) is 9.91. The number of nitrogens with one attached hydrogen (secondary N) is 2. The number of aliphatic hydroxyl groups excluding tert-OH is 2. The number of amides is 1. The molecule has 0 bridgehead atoms. The van der Waals surface area contributed by atoms with Crippen LogP contribution in [0, 0.1) is 3.57 Å². The van der Waals surface area contributed by atoms with Gasteiger partial charge in [0.25, 0.3) is 0 Å². The Labute approximate surface area is 189 Å². The number of alkyl halides is 1. The number of benzene rings is 1. The minimum atomic E-state index is -0.954. The van der Waals surface area contributed by atoms with Crippen molar-refractivity contribution in [3.8, 4) is 5.75 Å². The molecule has 4 N–H and O–H groups in total. The normalized spacial score (nSPS) is 26.0. The molecule has 8 heteroatoms. The fourth-order valence-corrected chi connectivity index (χ4v) is 3.92. The third-order valence-electron chi connectivity index (χ3n) is 5.04. The van der Waals surface area contributed by atoms with E-state index in [0.717, 1.165) is 9.14 Å². The predicted molar refractivity (Wildman–Crippen MR) is 121 cm³/mol. The second-order valence-corrected chi connectivity index (χ2v) is 8.42. The van der Waals surface area contributed by atoms with E-state index in [1.54, 1.807) is 12.2 Å². The highest BCUT2D eigenvalue weighted by atomic mass is 127. The van der Waals surface area contributed by atoms with E-state index in [4.69, 9.17) is 9.84 Å². The largest absolute Gasteiger partial charge is 0.482 e. The van der Waals surface area contributed by atoms with Gasteiger partial charge in [0.15, 0.2) is 0 Å². The molecule has 162 valence electrons. The molecule has 1 amide bonds. The molecule has 1 unspecified atom stereocenters. The van der Waals surface area contributed by atoms with E-state index in [-0.39, 0.29) is 19.1 Å². The summed E-state index contributed by atoms with van der Waals surface area (Å²) in [6.07, 6.45) is 4.84. The molecule has 30 heavy (non-hydrogen) atoms. The van der Waals surface area contributed by atoms with E-state index in [0.29, 0.717) is 30.7 Å². The number of hydrogen-bond donors (Lipinski definition) is 4. The first-order chi connectivity index (χ1) is 14.5. The lowest BCUT2D eigenvalue weighted by atomic mass is 9.89. The van der Waals surface area contributed by atoms with Gasteiger partial charge in [0, 0.05) is 31.1 Å². The lowest BCUT2D eigenvalue weighted by Crippen LogP contribution is -2.52. The van der Waals surface area contributed by atoms with Gasteiger partial charge in [-0.05, 0) is 52.8 Å². The molecule has 0 radical (unpaired) electrons. The molecule has 2 aliphatic rings. The van der Waals surface area contributed by atoms with Gasteiger partial charge in [-0.25, -0.2) is 4.39 Å². The lowest BCUT2D eigenvalue weighted by Gasteiger charge is -2.34. The van der Waals surface area contributed by atoms with E-state index >= 15 is 0 Å². The average molecular weight is 528 g/mol. The van der Waals surface area contributed by atoms with E-state index in [1.165, 1.54) is 6.08 Å². The third-order valence-corrected chi connectivity index (χ3v) is 5.93. The number of carbonyl (C=O) groups is 1. The summed E-state index contributed by atoms with van der Waals surface area (Å²) in [6, 6.07) is 7.04. The van der Waals surface area contributed by atoms with Crippen LogP contribution in [0.2, 0.25) is 0 Å². The minimum absolute atomic E-state index is 0.151. The van der Waals surface area contributed by atoms with Crippen molar-refractivity contribution >= 4 is 28.5 Å². The summed E-state index contributed by atoms with van der Waals surface area (Å²) < 4.78 is 20.2. The van der Waals surface area contributed by atoms with E-state index in [2.05, 4.69) is 33.2 Å². The first-order valence-corrected chi connectivity index (χ1v) is 11.0. The summed E-state index contributed by atoms with van der Waals surface area (Å²) in [5.41, 5.74) is 1.42. The smallest absolute Gasteiger partial charge is 0.247 e. The molecular formula is C22H26FIN2O4. The molecule has 0 fully saturated rings. The minimum Gasteiger partial charge on any atom is -0.482 e. The Morgan fingerprint density at radius 1 is 1.33 bits per heavy atom. The van der Waals surface area contributed by atoms with Crippen molar-refractivity contribution < 1.29 is 24.1 Å². The average Bonchev–Trinajstić information content (AvgIpc) is 2.75. The number of ether oxygens (including phenoxy) is 1. The molecule has 0 heterocycles. The van der Waals surface area contributed by atoms with Crippen LogP contribution >= 0.6 is 22.6 Å². The van der Waals surface area contributed by atoms with Crippen molar-refractivity contribution in [1.82, 2.24) is 10.6 Å². The third kappa shape index (κ3) is 6.13. The topological polar surface area (TPSA) is 90.8 Å². The molecule has 0 spiro atoms. The number of rotatable bonds is 8. The molecule has 0 aliphatic heterocycles. The van der Waals surface area contributed by atoms with Crippen molar-refractivity contribution in [1.29, 1.82) is 0 Å². The lowest BCUT2D eigenvalue weighted by molar-refractivity contribution is -0.118. The summed E-state index contributed by atoms with van der Waals surface area (Å²) in [5.74, 6) is 0.331. The second kappa shape index (κ2) is 11.0. The fraction of sp³-hybridized carbons (Fsp3) is 0.409. The monoisotopic (exact) mass is 528 g/mol. The summed E-state index contributed by atoms with van der Waals surface area (Å²) >= 11 is 2.16. The molecule has 0 saturated carbocycles. The van der Waals surface area contributed by atoms with Gasteiger partial charge in [-0.15, -0.1) is 0 Å². The maximum atomic E-state index is 13.3. The van der Waals surface area contributed by atoms with Crippen LogP contribution in [0.1, 0.15) is 12.8 Å². The first kappa shape index (κ1) is 22.9. The van der Waals surface area contributed by atoms with Gasteiger partial charge in [0.05, 0.1) is 10.2 Å². The summed E-state index contributed by atoms with van der Waals surface area (Å²) in [6.45, 7) is 0.453. The van der Waals surface area contributed by atoms with Gasteiger partial charge in [-0.3, -0.25) is 4.79 Å². The van der Waals surface area contributed by atoms with Crippen LogP contribution in [0.4, 0.5) is 4.39 Å². The quantitative estimate of drug-likeness (QED) is 0.388. The van der Waals surface area contributed by atoms with Crippen LogP contribution in [-0.2, 0) is 4.79 Å². The van der Waals surface area contributed by atoms with Crippen LogP contribution < -0.4 is 15.4 Å². The molecule has 2 aliphatic carbocycles. The summed E-state index contributed by atoms with van der Waals surface area (Å²) in [5, 5.41) is 25.8. The zero-order valence-electron chi connectivity index (χ0n) is 16.4. The van der Waals surface area contributed by atoms with Crippen molar-refractivity contribution in [2.75, 3.05) is 19.7 Å². The molecule has 0 aromatic heterocycles. The van der Waals surface area contributed by atoms with Crippen LogP contribution in [0.5, 0.6) is 5.75 Å². The van der Waals surface area contributed by atoms with Crippen molar-refractivity contribution in [3.63, 3.8) is 0 Å². The standard InChI is InChI=1S/C22H26FIN2O4/c23-16-7-5-14(6-8-16)13-26-18-11-15(22(29)25-9-10-27)12-20(21(18)28)30-19-4-2-1-3-17(19)24/h1-7,12,16,18,20-21,26-28H,8-11,13H2,(H,25,29)/t16?,18-,20+,21+/m1/s1. The van der Waals surface area contributed by atoms with Crippen LogP contribution in [-0.4, -0.2) is 60.2 Å². The number of hydrogen-bond acceptors (Lipinski definition) is 5. The molecule has 6 nitrogen and oxygen atoms in total. The number of allylic oxidation sites excluding steroid dienone is 2. The van der Waals surface area contributed by atoms with Gasteiger partial charge >= 0.3 is 0 Å². The Kier molecular flexibility index (Phi) is 8.43. The van der Waals surface area contributed by atoms with E-state index < -0.39 is 24.4 Å². The fourth-order valence-electron chi connectivity index (χ4n) is 3.41. The molecule has 3 rings (SSSR count). The van der Waals surface area contributed by atoms with Crippen LogP contribution in [0.15, 0.2) is 59.7 Å². The molecular weight excluding hydrogens is 502 g/mol. The number of aliphatic hydroxyl groups is 2. The second-order valence-electron chi connectivity index (χ2n) is 7.26. The summed E-state index contributed by atoms with van der Waals surface area (Å²) in [4.78, 5) is 12.5. The molecule has 0 saturated heterocycles. The Morgan fingerprint density at radius 2 is 2.13 bits per heavy atom. The van der Waals surface area contributed by atoms with Gasteiger partial charge in [0.2, 0.25) is 5.91 Å². The van der Waals surface area contributed by atoms with Crippen molar-refractivity contribution in [2.45, 2.75) is 37.3 Å². The Balaban J connectivity index is 1.74. The highest BCUT2D eigenvalue weighted by Gasteiger charge is 2.35. The molecule has 1 aromatic rings. The zero-order chi connectivity index (χ0) is 21.5. The van der Waals surface area contributed by atoms with Crippen LogP contribution in [0.25, 0.3) is 0 Å². The maximum absolute atomic E-state index is 13.3. The highest BCUT2D eigenvalue weighted by Crippen LogP contribution is 2.27.